The van der Waals surface area contributed by atoms with Gasteiger partial charge in [-0.3, -0.25) is 9.52 Å². The van der Waals surface area contributed by atoms with Gasteiger partial charge in [0.05, 0.1) is 24.4 Å². The van der Waals surface area contributed by atoms with Gasteiger partial charge in [0, 0.05) is 24.4 Å². The molecule has 0 bridgehead atoms. The maximum atomic E-state index is 15.3. The number of amides is 1. The number of aromatic nitrogens is 2. The Bertz CT molecular complexity index is 1490. The number of halogens is 4. The second-order valence-electron chi connectivity index (χ2n) is 9.90. The van der Waals surface area contributed by atoms with Crippen molar-refractivity contribution in [3.8, 4) is 5.75 Å². The Morgan fingerprint density at radius 3 is 2.46 bits per heavy atom. The molecule has 0 aliphatic heterocycles. The van der Waals surface area contributed by atoms with E-state index in [4.69, 9.17) is 4.74 Å². The van der Waals surface area contributed by atoms with E-state index in [9.17, 15) is 26.4 Å². The van der Waals surface area contributed by atoms with Gasteiger partial charge in [0.1, 0.15) is 28.6 Å². The van der Waals surface area contributed by atoms with Gasteiger partial charge in [-0.25, -0.2) is 22.8 Å². The van der Waals surface area contributed by atoms with Crippen LogP contribution in [0.2, 0.25) is 0 Å². The minimum absolute atomic E-state index is 0.0235. The third-order valence-electron chi connectivity index (χ3n) is 7.22. The molecule has 1 aliphatic rings. The lowest BCUT2D eigenvalue weighted by atomic mass is 9.77. The van der Waals surface area contributed by atoms with Gasteiger partial charge in [-0.15, -0.1) is 0 Å². The molecule has 0 saturated heterocycles. The number of methoxy groups -OCH3 is 1. The Morgan fingerprint density at radius 1 is 1.10 bits per heavy atom. The first-order valence-corrected chi connectivity index (χ1v) is 14.1. The zero-order chi connectivity index (χ0) is 29.9. The van der Waals surface area contributed by atoms with E-state index in [0.29, 0.717) is 31.2 Å². The van der Waals surface area contributed by atoms with Gasteiger partial charge >= 0.3 is 6.18 Å². The molecule has 1 saturated carbocycles. The van der Waals surface area contributed by atoms with Crippen molar-refractivity contribution in [1.82, 2.24) is 14.9 Å². The average molecular weight is 596 g/mol. The number of likely N-dealkylation sites (N-methyl/N-ethyl adjacent to an activating group) is 1. The number of rotatable bonds is 9. The fourth-order valence-corrected chi connectivity index (χ4v) is 6.32. The van der Waals surface area contributed by atoms with Crippen molar-refractivity contribution < 1.29 is 35.5 Å². The van der Waals surface area contributed by atoms with Gasteiger partial charge in [-0.2, -0.15) is 13.2 Å². The summed E-state index contributed by atoms with van der Waals surface area (Å²) in [5, 5.41) is 0. The van der Waals surface area contributed by atoms with E-state index >= 15 is 4.39 Å². The minimum atomic E-state index is -4.47. The minimum Gasteiger partial charge on any atom is -0.495 e. The van der Waals surface area contributed by atoms with Gasteiger partial charge < -0.3 is 14.5 Å². The molecule has 0 spiro atoms. The summed E-state index contributed by atoms with van der Waals surface area (Å²) in [7, 11) is 0.435. The largest absolute Gasteiger partial charge is 0.495 e. The highest BCUT2D eigenvalue weighted by Gasteiger charge is 2.39. The van der Waals surface area contributed by atoms with Crippen molar-refractivity contribution in [3.05, 3.63) is 71.9 Å². The maximum Gasteiger partial charge on any atom is 0.416 e. The van der Waals surface area contributed by atoms with Gasteiger partial charge in [0.25, 0.3) is 10.0 Å². The number of ether oxygens (including phenoxy) is 1. The number of carbonyl (C=O) groups is 1. The summed E-state index contributed by atoms with van der Waals surface area (Å²) in [6, 6.07) is 7.63. The van der Waals surface area contributed by atoms with Crippen LogP contribution in [0.1, 0.15) is 36.3 Å². The second-order valence-corrected chi connectivity index (χ2v) is 11.5. The molecule has 0 radical (unpaired) electrons. The van der Waals surface area contributed by atoms with E-state index in [-0.39, 0.29) is 29.2 Å². The van der Waals surface area contributed by atoms with Crippen LogP contribution in [0.15, 0.2) is 59.9 Å². The van der Waals surface area contributed by atoms with Crippen LogP contribution < -0.4 is 14.4 Å². The van der Waals surface area contributed by atoms with E-state index in [1.54, 1.807) is 20.2 Å². The van der Waals surface area contributed by atoms with Crippen molar-refractivity contribution in [2.24, 2.45) is 0 Å². The second kappa shape index (κ2) is 12.0. The smallest absolute Gasteiger partial charge is 0.416 e. The van der Waals surface area contributed by atoms with E-state index < -0.39 is 38.5 Å². The van der Waals surface area contributed by atoms with Gasteiger partial charge in [0.2, 0.25) is 6.41 Å². The number of nitrogens with one attached hydrogen (secondary N) is 1. The lowest BCUT2D eigenvalue weighted by Gasteiger charge is -2.44. The third-order valence-corrected chi connectivity index (χ3v) is 8.59. The Balaban J connectivity index is 1.65. The number of nitrogens with zero attached hydrogens (tertiary/aromatic N) is 4. The molecule has 2 aromatic carbocycles. The SMILES string of the molecule is COc1cc(S(=O)(=O)Nc2ccncn2)c(F)cc1N(C=O)[C@H]1CC[C@H](c2cccc(C(F)(F)F)c2)C[C@@H]1N(C)C. The zero-order valence-electron chi connectivity index (χ0n) is 22.5. The molecule has 1 fully saturated rings. The van der Waals surface area contributed by atoms with Crippen molar-refractivity contribution in [3.63, 3.8) is 0 Å². The number of anilines is 2. The molecule has 1 heterocycles. The van der Waals surface area contributed by atoms with Crippen LogP contribution in [-0.4, -0.2) is 63.0 Å². The molecule has 1 N–H and O–H groups in total. The number of benzene rings is 2. The predicted octanol–water partition coefficient (Wildman–Crippen LogP) is 4.67. The van der Waals surface area contributed by atoms with E-state index in [1.807, 2.05) is 4.90 Å². The van der Waals surface area contributed by atoms with E-state index in [1.165, 1.54) is 30.3 Å². The number of alkyl halides is 3. The first-order valence-electron chi connectivity index (χ1n) is 12.6. The van der Waals surface area contributed by atoms with Crippen LogP contribution in [0.25, 0.3) is 0 Å². The average Bonchev–Trinajstić information content (AvgIpc) is 2.93. The molecule has 1 amide bonds. The summed E-state index contributed by atoms with van der Waals surface area (Å²) in [6.07, 6.45) is -0.200. The van der Waals surface area contributed by atoms with Crippen LogP contribution in [0.3, 0.4) is 0 Å². The first-order chi connectivity index (χ1) is 19.4. The van der Waals surface area contributed by atoms with Crippen molar-refractivity contribution in [1.29, 1.82) is 0 Å². The fraction of sp³-hybridized carbons (Fsp3) is 0.370. The number of hydrogen-bond acceptors (Lipinski definition) is 7. The molecule has 14 heteroatoms. The lowest BCUT2D eigenvalue weighted by Crippen LogP contribution is -2.52. The van der Waals surface area contributed by atoms with Crippen molar-refractivity contribution in [2.45, 2.75) is 48.3 Å². The Kier molecular flexibility index (Phi) is 8.83. The zero-order valence-corrected chi connectivity index (χ0v) is 23.3. The van der Waals surface area contributed by atoms with Crippen molar-refractivity contribution >= 4 is 27.9 Å². The van der Waals surface area contributed by atoms with Crippen molar-refractivity contribution in [2.75, 3.05) is 30.8 Å². The Labute approximate surface area is 235 Å². The molecular weight excluding hydrogens is 566 g/mol. The maximum absolute atomic E-state index is 15.3. The summed E-state index contributed by atoms with van der Waals surface area (Å²) >= 11 is 0. The number of sulfonamides is 1. The standard InChI is InChI=1S/C27H29F4N5O4S/c1-35(2)22-12-18(17-5-4-6-19(11-17)27(29,30)31)7-8-21(22)36(16-37)23-13-20(28)25(14-24(23)40-3)41(38,39)34-26-9-10-32-15-33-26/h4-6,9-11,13-16,18,21-22H,7-8,12H2,1-3H3,(H,32,33,34)/t18-,21-,22-/m0/s1. The molecule has 3 atom stereocenters. The molecule has 41 heavy (non-hydrogen) atoms. The van der Waals surface area contributed by atoms with Crippen LogP contribution in [-0.2, 0) is 21.0 Å². The molecule has 9 nitrogen and oxygen atoms in total. The highest BCUT2D eigenvalue weighted by atomic mass is 32.2. The normalized spacial score (nSPS) is 19.6. The summed E-state index contributed by atoms with van der Waals surface area (Å²) in [4.78, 5) is 22.4. The molecule has 1 aliphatic carbocycles. The molecule has 4 rings (SSSR count). The number of carbonyl (C=O) groups excluding carboxylic acids is 1. The highest BCUT2D eigenvalue weighted by Crippen LogP contribution is 2.42. The Morgan fingerprint density at radius 2 is 1.85 bits per heavy atom. The summed E-state index contributed by atoms with van der Waals surface area (Å²) < 4.78 is 88.7. The molecule has 3 aromatic rings. The topological polar surface area (TPSA) is 105 Å². The molecular formula is C27H29F4N5O4S. The summed E-state index contributed by atoms with van der Waals surface area (Å²) in [5.41, 5.74) is -0.148. The van der Waals surface area contributed by atoms with Gasteiger partial charge in [-0.1, -0.05) is 18.2 Å². The van der Waals surface area contributed by atoms with Gasteiger partial charge in [0.15, 0.2) is 0 Å². The van der Waals surface area contributed by atoms with Crippen LogP contribution in [0.5, 0.6) is 5.75 Å². The molecule has 1 aromatic heterocycles. The lowest BCUT2D eigenvalue weighted by molar-refractivity contribution is -0.137. The third kappa shape index (κ3) is 6.59. The number of hydrogen-bond donors (Lipinski definition) is 1. The fourth-order valence-electron chi connectivity index (χ4n) is 5.23. The van der Waals surface area contributed by atoms with Crippen LogP contribution >= 0.6 is 0 Å². The van der Waals surface area contributed by atoms with Crippen LogP contribution in [0, 0.1) is 5.82 Å². The summed E-state index contributed by atoms with van der Waals surface area (Å²) in [5.74, 6) is -1.44. The van der Waals surface area contributed by atoms with Crippen LogP contribution in [0.4, 0.5) is 29.1 Å². The van der Waals surface area contributed by atoms with Gasteiger partial charge in [-0.05, 0) is 57.0 Å². The first kappa shape index (κ1) is 30.2. The Hall–Kier alpha value is -3.78. The molecule has 220 valence electrons. The highest BCUT2D eigenvalue weighted by molar-refractivity contribution is 7.92. The molecule has 0 unspecified atom stereocenters. The summed E-state index contributed by atoms with van der Waals surface area (Å²) in [6.45, 7) is 0. The predicted molar refractivity (Wildman–Crippen MR) is 144 cm³/mol. The van der Waals surface area contributed by atoms with E-state index in [0.717, 1.165) is 30.6 Å². The monoisotopic (exact) mass is 595 g/mol. The quantitative estimate of drug-likeness (QED) is 0.283. The van der Waals surface area contributed by atoms with E-state index in [2.05, 4.69) is 14.7 Å².